The van der Waals surface area contributed by atoms with Gasteiger partial charge in [-0.15, -0.1) is 11.3 Å². The molecule has 112 valence electrons. The topological polar surface area (TPSA) is 60.2 Å². The molecule has 2 heterocycles. The molecule has 4 nitrogen and oxygen atoms in total. The van der Waals surface area contributed by atoms with E-state index in [1.54, 1.807) is 31.2 Å². The summed E-state index contributed by atoms with van der Waals surface area (Å²) < 4.78 is 0.819. The van der Waals surface area contributed by atoms with Crippen LogP contribution >= 0.6 is 34.3 Å². The first-order valence-corrected chi connectivity index (χ1v) is 8.38. The van der Waals surface area contributed by atoms with Crippen molar-refractivity contribution in [2.75, 3.05) is 0 Å². The molecule has 0 aliphatic carbocycles. The van der Waals surface area contributed by atoms with Crippen molar-refractivity contribution in [3.63, 3.8) is 0 Å². The quantitative estimate of drug-likeness (QED) is 0.362. The summed E-state index contributed by atoms with van der Waals surface area (Å²) in [5.41, 5.74) is 2.00. The molecule has 0 spiro atoms. The number of halogens is 1. The zero-order chi connectivity index (χ0) is 16.0. The predicted molar refractivity (Wildman–Crippen MR) is 90.7 cm³/mol. The van der Waals surface area contributed by atoms with E-state index in [0.717, 1.165) is 26.3 Å². The minimum Gasteiger partial charge on any atom is -0.288 e. The number of aryl methyl sites for hydroxylation is 2. The molecule has 3 aromatic rings. The predicted octanol–water partition coefficient (Wildman–Crippen LogP) is 5.37. The molecule has 0 amide bonds. The Morgan fingerprint density at radius 3 is 2.32 bits per heavy atom. The van der Waals surface area contributed by atoms with Crippen molar-refractivity contribution in [2.45, 2.75) is 13.8 Å². The minimum atomic E-state index is -0.368. The number of nitrogens with zero attached hydrogens (tertiary/aromatic N) is 1. The Morgan fingerprint density at radius 1 is 1.14 bits per heavy atom. The van der Waals surface area contributed by atoms with Crippen molar-refractivity contribution in [2.24, 2.45) is 0 Å². The maximum Gasteiger partial charge on any atom is 0.328 e. The van der Waals surface area contributed by atoms with E-state index in [1.165, 1.54) is 11.3 Å². The fourth-order valence-electron chi connectivity index (χ4n) is 2.39. The molecule has 0 atom stereocenters. The van der Waals surface area contributed by atoms with Gasteiger partial charge in [0.25, 0.3) is 0 Å². The summed E-state index contributed by atoms with van der Waals surface area (Å²) in [4.78, 5) is 23.9. The fourth-order valence-corrected chi connectivity index (χ4v) is 5.14. The van der Waals surface area contributed by atoms with Crippen LogP contribution in [-0.4, -0.2) is 10.7 Å². The molecule has 0 radical (unpaired) electrons. The van der Waals surface area contributed by atoms with Crippen molar-refractivity contribution < 1.29 is 9.72 Å². The lowest BCUT2D eigenvalue weighted by atomic mass is 10.0. The average molecular weight is 352 g/mol. The Hall–Kier alpha value is -1.76. The summed E-state index contributed by atoms with van der Waals surface area (Å²) in [6, 6.07) is 6.73. The number of rotatable bonds is 3. The highest BCUT2D eigenvalue weighted by Gasteiger charge is 2.25. The molecule has 2 aromatic heterocycles. The van der Waals surface area contributed by atoms with Crippen LogP contribution in [0.1, 0.15) is 26.4 Å². The van der Waals surface area contributed by atoms with E-state index in [9.17, 15) is 14.9 Å². The molecule has 3 rings (SSSR count). The second-order valence-corrected chi connectivity index (χ2v) is 7.56. The van der Waals surface area contributed by atoms with Crippen molar-refractivity contribution >= 4 is 54.5 Å². The zero-order valence-corrected chi connectivity index (χ0v) is 14.1. The molecular weight excluding hydrogens is 342 g/mol. The summed E-state index contributed by atoms with van der Waals surface area (Å²) in [7, 11) is 0. The monoisotopic (exact) mass is 351 g/mol. The molecule has 0 aliphatic heterocycles. The maximum absolute atomic E-state index is 12.6. The van der Waals surface area contributed by atoms with E-state index in [-0.39, 0.29) is 15.7 Å². The molecule has 0 unspecified atom stereocenters. The highest BCUT2D eigenvalue weighted by Crippen LogP contribution is 2.44. The van der Waals surface area contributed by atoms with Crippen LogP contribution in [0.4, 0.5) is 5.00 Å². The van der Waals surface area contributed by atoms with Gasteiger partial charge in [-0.2, -0.15) is 0 Å². The number of fused-ring (bicyclic) bond motifs is 1. The number of benzene rings is 1. The number of thiophene rings is 2. The van der Waals surface area contributed by atoms with Crippen LogP contribution in [0, 0.1) is 24.0 Å². The Bertz CT molecular complexity index is 909. The second kappa shape index (κ2) is 5.46. The number of carbonyl (C=O) groups is 1. The first kappa shape index (κ1) is 15.1. The number of hydrogen-bond donors (Lipinski definition) is 0. The summed E-state index contributed by atoms with van der Waals surface area (Å²) in [5.74, 6) is -0.0791. The number of nitro groups is 1. The van der Waals surface area contributed by atoms with Gasteiger partial charge in [0.2, 0.25) is 5.78 Å². The molecule has 0 fully saturated rings. The Kier molecular flexibility index (Phi) is 3.76. The van der Waals surface area contributed by atoms with E-state index in [2.05, 4.69) is 0 Å². The average Bonchev–Trinajstić information content (AvgIpc) is 2.97. The zero-order valence-electron chi connectivity index (χ0n) is 11.7. The summed E-state index contributed by atoms with van der Waals surface area (Å²) in [6.45, 7) is 3.57. The first-order chi connectivity index (χ1) is 10.4. The fraction of sp³-hybridized carbons (Fsp3) is 0.133. The van der Waals surface area contributed by atoms with Gasteiger partial charge in [0.1, 0.15) is 0 Å². The van der Waals surface area contributed by atoms with E-state index in [4.69, 9.17) is 11.6 Å². The van der Waals surface area contributed by atoms with Gasteiger partial charge in [0, 0.05) is 21.5 Å². The second-order valence-electron chi connectivity index (χ2n) is 4.84. The maximum atomic E-state index is 12.6. The van der Waals surface area contributed by atoms with Crippen LogP contribution in [-0.2, 0) is 0 Å². The van der Waals surface area contributed by atoms with Crippen LogP contribution in [0.25, 0.3) is 9.40 Å². The van der Waals surface area contributed by atoms with Crippen molar-refractivity contribution in [3.8, 4) is 0 Å². The molecule has 0 aliphatic rings. The number of hydrogen-bond acceptors (Lipinski definition) is 5. The van der Waals surface area contributed by atoms with Gasteiger partial charge >= 0.3 is 5.00 Å². The van der Waals surface area contributed by atoms with Crippen LogP contribution in [0.2, 0.25) is 5.02 Å². The molecule has 7 heteroatoms. The standard InChI is InChI=1S/C15H10ClNO3S2/c1-7-11-8(2)14(17(19)20)22-15(11)21-13(7)12(18)9-3-5-10(16)6-4-9/h3-6H,1-2H3. The lowest BCUT2D eigenvalue weighted by molar-refractivity contribution is -0.380. The third-order valence-corrected chi connectivity index (χ3v) is 6.35. The van der Waals surface area contributed by atoms with Crippen molar-refractivity contribution in [3.05, 3.63) is 61.0 Å². The van der Waals surface area contributed by atoms with Gasteiger partial charge < -0.3 is 0 Å². The Labute approximate surface area is 139 Å². The molecule has 22 heavy (non-hydrogen) atoms. The summed E-state index contributed by atoms with van der Waals surface area (Å²) >= 11 is 8.28. The van der Waals surface area contributed by atoms with E-state index in [0.29, 0.717) is 21.0 Å². The van der Waals surface area contributed by atoms with E-state index < -0.39 is 0 Å². The summed E-state index contributed by atoms with van der Waals surface area (Å²) in [6.07, 6.45) is 0. The molecule has 0 saturated heterocycles. The molecule has 0 saturated carbocycles. The minimum absolute atomic E-state index is 0.0791. The van der Waals surface area contributed by atoms with Crippen LogP contribution < -0.4 is 0 Å². The largest absolute Gasteiger partial charge is 0.328 e. The van der Waals surface area contributed by atoms with Crippen LogP contribution in [0.3, 0.4) is 0 Å². The lowest BCUT2D eigenvalue weighted by Crippen LogP contribution is -2.00. The third kappa shape index (κ3) is 2.33. The summed E-state index contributed by atoms with van der Waals surface area (Å²) in [5, 5.41) is 12.6. The SMILES string of the molecule is Cc1c(C(=O)c2ccc(Cl)cc2)sc2sc([N+](=O)[O-])c(C)c12. The molecule has 1 aromatic carbocycles. The Balaban J connectivity index is 2.12. The van der Waals surface area contributed by atoms with Gasteiger partial charge in [-0.1, -0.05) is 22.9 Å². The van der Waals surface area contributed by atoms with Gasteiger partial charge in [0.15, 0.2) is 0 Å². The first-order valence-electron chi connectivity index (χ1n) is 6.37. The van der Waals surface area contributed by atoms with Gasteiger partial charge in [0.05, 0.1) is 13.8 Å². The third-order valence-electron chi connectivity index (χ3n) is 3.48. The normalized spacial score (nSPS) is 11.0. The highest BCUT2D eigenvalue weighted by molar-refractivity contribution is 7.40. The lowest BCUT2D eigenvalue weighted by Gasteiger charge is -2.00. The van der Waals surface area contributed by atoms with Gasteiger partial charge in [-0.05, 0) is 43.7 Å². The van der Waals surface area contributed by atoms with Crippen molar-refractivity contribution in [1.82, 2.24) is 0 Å². The molecule has 0 N–H and O–H groups in total. The molecule has 0 bridgehead atoms. The smallest absolute Gasteiger partial charge is 0.288 e. The van der Waals surface area contributed by atoms with E-state index >= 15 is 0 Å². The van der Waals surface area contributed by atoms with Crippen molar-refractivity contribution in [1.29, 1.82) is 0 Å². The van der Waals surface area contributed by atoms with Gasteiger partial charge in [-0.3, -0.25) is 14.9 Å². The number of ketones is 1. The highest BCUT2D eigenvalue weighted by atomic mass is 35.5. The Morgan fingerprint density at radius 2 is 1.77 bits per heavy atom. The van der Waals surface area contributed by atoms with E-state index in [1.807, 2.05) is 6.92 Å². The van der Waals surface area contributed by atoms with Gasteiger partial charge in [-0.25, -0.2) is 0 Å². The molecular formula is C15H10ClNO3S2. The van der Waals surface area contributed by atoms with Crippen LogP contribution in [0.5, 0.6) is 0 Å². The van der Waals surface area contributed by atoms with Crippen LogP contribution in [0.15, 0.2) is 24.3 Å². The number of carbonyl (C=O) groups excluding carboxylic acids is 1.